The van der Waals surface area contributed by atoms with E-state index < -0.39 is 0 Å². The van der Waals surface area contributed by atoms with Gasteiger partial charge in [-0.2, -0.15) is 5.26 Å². The minimum Gasteiger partial charge on any atom is -0.336 e. The summed E-state index contributed by atoms with van der Waals surface area (Å²) in [5.41, 5.74) is 1.14. The molecule has 1 heterocycles. The standard InChI is InChI=1S/C16H20FN3O/c1-3-15(11-18)19-4-6-20(7-5-19)16(21)13-8-12(2)9-14(17)10-13/h8-10,15H,3-7H2,1-2H3. The van der Waals surface area contributed by atoms with Crippen LogP contribution in [-0.2, 0) is 0 Å². The molecule has 0 aliphatic carbocycles. The molecule has 1 aromatic carbocycles. The molecule has 5 heteroatoms. The number of piperazine rings is 1. The van der Waals surface area contributed by atoms with Crippen LogP contribution in [0.5, 0.6) is 0 Å². The Morgan fingerprint density at radius 2 is 2.00 bits per heavy atom. The average molecular weight is 289 g/mol. The summed E-state index contributed by atoms with van der Waals surface area (Å²) in [6.07, 6.45) is 0.785. The van der Waals surface area contributed by atoms with Gasteiger partial charge in [0.15, 0.2) is 0 Å². The van der Waals surface area contributed by atoms with Crippen LogP contribution in [0.1, 0.15) is 29.3 Å². The SMILES string of the molecule is CCC(C#N)N1CCN(C(=O)c2cc(C)cc(F)c2)CC1. The number of carbonyl (C=O) groups is 1. The first-order chi connectivity index (χ1) is 10.0. The first kappa shape index (κ1) is 15.5. The number of nitriles is 1. The normalized spacial score (nSPS) is 17.3. The van der Waals surface area contributed by atoms with Gasteiger partial charge in [-0.25, -0.2) is 4.39 Å². The number of aryl methyl sites for hydroxylation is 1. The van der Waals surface area contributed by atoms with Gasteiger partial charge in [0.25, 0.3) is 5.91 Å². The van der Waals surface area contributed by atoms with E-state index in [4.69, 9.17) is 5.26 Å². The molecule has 0 N–H and O–H groups in total. The van der Waals surface area contributed by atoms with Gasteiger partial charge in [-0.05, 0) is 37.1 Å². The van der Waals surface area contributed by atoms with Gasteiger partial charge in [-0.15, -0.1) is 0 Å². The molecule has 1 aromatic rings. The second-order valence-electron chi connectivity index (χ2n) is 5.40. The van der Waals surface area contributed by atoms with Crippen molar-refractivity contribution in [1.29, 1.82) is 5.26 Å². The van der Waals surface area contributed by atoms with Gasteiger partial charge in [0.1, 0.15) is 5.82 Å². The van der Waals surface area contributed by atoms with Crippen LogP contribution in [0.2, 0.25) is 0 Å². The van der Waals surface area contributed by atoms with Gasteiger partial charge < -0.3 is 4.90 Å². The third-order valence-corrected chi connectivity index (χ3v) is 3.87. The van der Waals surface area contributed by atoms with Crippen molar-refractivity contribution >= 4 is 5.91 Å². The highest BCUT2D eigenvalue weighted by atomic mass is 19.1. The molecule has 0 bridgehead atoms. The van der Waals surface area contributed by atoms with E-state index in [1.165, 1.54) is 12.1 Å². The number of benzene rings is 1. The van der Waals surface area contributed by atoms with Crippen LogP contribution in [-0.4, -0.2) is 47.9 Å². The van der Waals surface area contributed by atoms with Crippen LogP contribution in [0.15, 0.2) is 18.2 Å². The first-order valence-corrected chi connectivity index (χ1v) is 7.25. The van der Waals surface area contributed by atoms with Crippen molar-refractivity contribution in [1.82, 2.24) is 9.80 Å². The van der Waals surface area contributed by atoms with Crippen LogP contribution in [0.25, 0.3) is 0 Å². The number of halogens is 1. The number of hydrogen-bond donors (Lipinski definition) is 0. The zero-order valence-corrected chi connectivity index (χ0v) is 12.5. The van der Waals surface area contributed by atoms with E-state index in [0.717, 1.165) is 12.0 Å². The monoisotopic (exact) mass is 289 g/mol. The van der Waals surface area contributed by atoms with Crippen LogP contribution >= 0.6 is 0 Å². The maximum atomic E-state index is 13.4. The zero-order chi connectivity index (χ0) is 15.4. The summed E-state index contributed by atoms with van der Waals surface area (Å²) in [5.74, 6) is -0.519. The lowest BCUT2D eigenvalue weighted by Crippen LogP contribution is -2.51. The lowest BCUT2D eigenvalue weighted by Gasteiger charge is -2.36. The van der Waals surface area contributed by atoms with Gasteiger partial charge >= 0.3 is 0 Å². The van der Waals surface area contributed by atoms with E-state index in [-0.39, 0.29) is 17.8 Å². The number of nitrogens with zero attached hydrogens (tertiary/aromatic N) is 3. The van der Waals surface area contributed by atoms with Crippen molar-refractivity contribution in [2.45, 2.75) is 26.3 Å². The minimum atomic E-state index is -0.382. The number of hydrogen-bond acceptors (Lipinski definition) is 3. The minimum absolute atomic E-state index is 0.0846. The van der Waals surface area contributed by atoms with E-state index in [2.05, 4.69) is 11.0 Å². The van der Waals surface area contributed by atoms with Gasteiger partial charge in [0, 0.05) is 31.7 Å². The molecule has 0 saturated carbocycles. The van der Waals surface area contributed by atoms with Crippen molar-refractivity contribution in [3.8, 4) is 6.07 Å². The molecule has 2 rings (SSSR count). The Labute approximate surface area is 124 Å². The zero-order valence-electron chi connectivity index (χ0n) is 12.5. The number of amides is 1. The molecule has 1 aliphatic heterocycles. The highest BCUT2D eigenvalue weighted by molar-refractivity contribution is 5.94. The molecule has 0 spiro atoms. The summed E-state index contributed by atoms with van der Waals surface area (Å²) in [6, 6.07) is 6.60. The third-order valence-electron chi connectivity index (χ3n) is 3.87. The summed E-state index contributed by atoms with van der Waals surface area (Å²) in [4.78, 5) is 16.2. The van der Waals surface area contributed by atoms with Crippen molar-refractivity contribution < 1.29 is 9.18 Å². The Hall–Kier alpha value is -1.93. The third kappa shape index (κ3) is 3.59. The first-order valence-electron chi connectivity index (χ1n) is 7.25. The Morgan fingerprint density at radius 1 is 1.33 bits per heavy atom. The topological polar surface area (TPSA) is 47.3 Å². The lowest BCUT2D eigenvalue weighted by molar-refractivity contribution is 0.0604. The highest BCUT2D eigenvalue weighted by Crippen LogP contribution is 2.14. The van der Waals surface area contributed by atoms with E-state index in [9.17, 15) is 9.18 Å². The Balaban J connectivity index is 2.02. The Bertz CT molecular complexity index is 539. The fourth-order valence-electron chi connectivity index (χ4n) is 2.71. The fraction of sp³-hybridized carbons (Fsp3) is 0.500. The van der Waals surface area contributed by atoms with Crippen LogP contribution in [0.4, 0.5) is 4.39 Å². The largest absolute Gasteiger partial charge is 0.336 e. The molecule has 0 aromatic heterocycles. The summed E-state index contributed by atoms with van der Waals surface area (Å²) in [7, 11) is 0. The number of carbonyl (C=O) groups excluding carboxylic acids is 1. The van der Waals surface area contributed by atoms with Crippen LogP contribution in [0.3, 0.4) is 0 Å². The fourth-order valence-corrected chi connectivity index (χ4v) is 2.71. The molecule has 4 nitrogen and oxygen atoms in total. The molecule has 1 fully saturated rings. The average Bonchev–Trinajstić information content (AvgIpc) is 2.47. The van der Waals surface area contributed by atoms with E-state index in [1.54, 1.807) is 17.9 Å². The summed E-state index contributed by atoms with van der Waals surface area (Å²) >= 11 is 0. The van der Waals surface area contributed by atoms with Crippen LogP contribution < -0.4 is 0 Å². The molecule has 1 aliphatic rings. The number of rotatable bonds is 3. The summed E-state index contributed by atoms with van der Waals surface area (Å²) in [5, 5.41) is 9.08. The van der Waals surface area contributed by atoms with Crippen LogP contribution in [0, 0.1) is 24.1 Å². The Kier molecular flexibility index (Phi) is 4.92. The van der Waals surface area contributed by atoms with Crippen molar-refractivity contribution in [3.05, 3.63) is 35.1 Å². The van der Waals surface area contributed by atoms with Gasteiger partial charge in [0.2, 0.25) is 0 Å². The molecule has 0 radical (unpaired) electrons. The molecule has 21 heavy (non-hydrogen) atoms. The second kappa shape index (κ2) is 6.68. The van der Waals surface area contributed by atoms with Crippen molar-refractivity contribution in [3.63, 3.8) is 0 Å². The molecule has 1 saturated heterocycles. The quantitative estimate of drug-likeness (QED) is 0.857. The van der Waals surface area contributed by atoms with E-state index in [0.29, 0.717) is 31.7 Å². The molecular weight excluding hydrogens is 269 g/mol. The highest BCUT2D eigenvalue weighted by Gasteiger charge is 2.25. The second-order valence-corrected chi connectivity index (χ2v) is 5.40. The smallest absolute Gasteiger partial charge is 0.254 e. The summed E-state index contributed by atoms with van der Waals surface area (Å²) < 4.78 is 13.4. The van der Waals surface area contributed by atoms with E-state index in [1.807, 2.05) is 6.92 Å². The predicted octanol–water partition coefficient (Wildman–Crippen LogP) is 2.19. The summed E-state index contributed by atoms with van der Waals surface area (Å²) in [6.45, 7) is 6.29. The van der Waals surface area contributed by atoms with Gasteiger partial charge in [-0.3, -0.25) is 9.69 Å². The van der Waals surface area contributed by atoms with Gasteiger partial charge in [-0.1, -0.05) is 6.92 Å². The lowest BCUT2D eigenvalue weighted by atomic mass is 10.1. The predicted molar refractivity (Wildman–Crippen MR) is 78.3 cm³/mol. The maximum absolute atomic E-state index is 13.4. The Morgan fingerprint density at radius 3 is 2.52 bits per heavy atom. The molecule has 1 amide bonds. The van der Waals surface area contributed by atoms with E-state index >= 15 is 0 Å². The molecule has 112 valence electrons. The maximum Gasteiger partial charge on any atom is 0.254 e. The van der Waals surface area contributed by atoms with Gasteiger partial charge in [0.05, 0.1) is 12.1 Å². The van der Waals surface area contributed by atoms with Crippen molar-refractivity contribution in [2.75, 3.05) is 26.2 Å². The molecule has 1 atom stereocenters. The molecule has 1 unspecified atom stereocenters. The molecular formula is C16H20FN3O. The van der Waals surface area contributed by atoms with Crippen molar-refractivity contribution in [2.24, 2.45) is 0 Å².